The molecule has 9 heteroatoms. The molecule has 0 aromatic heterocycles. The first kappa shape index (κ1) is 18.0. The molecule has 0 amide bonds. The molecule has 0 atom stereocenters. The summed E-state index contributed by atoms with van der Waals surface area (Å²) in [4.78, 5) is 12.3. The molecule has 2 aromatic carbocycles. The zero-order valence-electron chi connectivity index (χ0n) is 13.3. The zero-order chi connectivity index (χ0) is 19.1. The van der Waals surface area contributed by atoms with Crippen LogP contribution in [0.4, 0.5) is 24.5 Å². The first-order valence-electron chi connectivity index (χ1n) is 7.27. The molecule has 2 aromatic rings. The summed E-state index contributed by atoms with van der Waals surface area (Å²) in [6.07, 6.45) is -3.59. The lowest BCUT2D eigenvalue weighted by molar-refractivity contribution is -0.137. The third-order valence-corrected chi connectivity index (χ3v) is 5.56. The highest BCUT2D eigenvalue weighted by Crippen LogP contribution is 2.41. The van der Waals surface area contributed by atoms with E-state index in [1.165, 1.54) is 35.2 Å². The molecule has 5 nitrogen and oxygen atoms in total. The number of para-hydroxylation sites is 1. The van der Waals surface area contributed by atoms with Crippen molar-refractivity contribution < 1.29 is 31.1 Å². The molecule has 0 radical (unpaired) electrons. The van der Waals surface area contributed by atoms with Crippen molar-refractivity contribution in [2.24, 2.45) is 0 Å². The molecule has 1 heterocycles. The van der Waals surface area contributed by atoms with Gasteiger partial charge in [-0.3, -0.25) is 0 Å². The Balaban J connectivity index is 2.25. The van der Waals surface area contributed by atoms with Gasteiger partial charge in [-0.15, -0.1) is 0 Å². The van der Waals surface area contributed by atoms with Crippen LogP contribution in [0.5, 0.6) is 0 Å². The van der Waals surface area contributed by atoms with Gasteiger partial charge in [-0.25, -0.2) is 13.2 Å². The number of nitrogens with zero attached hydrogens (tertiary/aromatic N) is 1. The normalized spacial score (nSPS) is 15.8. The summed E-state index contributed by atoms with van der Waals surface area (Å²) in [6.45, 7) is 0. The van der Waals surface area contributed by atoms with Crippen molar-refractivity contribution in [2.75, 3.05) is 12.0 Å². The van der Waals surface area contributed by atoms with E-state index in [4.69, 9.17) is 0 Å². The number of hydrogen-bond acceptors (Lipinski definition) is 5. The number of carbonyl (C=O) groups is 1. The molecule has 0 saturated carbocycles. The number of alkyl halides is 3. The zero-order valence-corrected chi connectivity index (χ0v) is 14.1. The van der Waals surface area contributed by atoms with Crippen molar-refractivity contribution in [3.8, 4) is 0 Å². The van der Waals surface area contributed by atoms with Crippen LogP contribution in [-0.4, -0.2) is 21.5 Å². The van der Waals surface area contributed by atoms with Crippen molar-refractivity contribution in [1.82, 2.24) is 0 Å². The number of anilines is 2. The molecule has 0 aliphatic carbocycles. The largest absolute Gasteiger partial charge is 0.465 e. The second-order valence-electron chi connectivity index (χ2n) is 5.37. The Morgan fingerprint density at radius 3 is 2.42 bits per heavy atom. The van der Waals surface area contributed by atoms with Gasteiger partial charge in [0.2, 0.25) is 9.84 Å². The molecule has 1 aliphatic heterocycles. The maximum atomic E-state index is 13.0. The van der Waals surface area contributed by atoms with Crippen LogP contribution < -0.4 is 4.90 Å². The lowest BCUT2D eigenvalue weighted by Crippen LogP contribution is -2.26. The summed E-state index contributed by atoms with van der Waals surface area (Å²) >= 11 is 0. The summed E-state index contributed by atoms with van der Waals surface area (Å²) in [5.41, 5.74) is -0.697. The van der Waals surface area contributed by atoms with E-state index in [0.717, 1.165) is 25.4 Å². The Morgan fingerprint density at radius 2 is 1.77 bits per heavy atom. The van der Waals surface area contributed by atoms with Crippen molar-refractivity contribution in [3.05, 3.63) is 65.2 Å². The van der Waals surface area contributed by atoms with Gasteiger partial charge in [-0.1, -0.05) is 18.2 Å². The Hall–Kier alpha value is -2.81. The molecule has 1 aliphatic rings. The highest BCUT2D eigenvalue weighted by molar-refractivity contribution is 7.96. The van der Waals surface area contributed by atoms with E-state index in [0.29, 0.717) is 0 Å². The van der Waals surface area contributed by atoms with Crippen LogP contribution in [0.1, 0.15) is 5.56 Å². The molecule has 0 fully saturated rings. The van der Waals surface area contributed by atoms with Crippen LogP contribution in [-0.2, 0) is 25.5 Å². The third-order valence-electron chi connectivity index (χ3n) is 3.79. The predicted octanol–water partition coefficient (Wildman–Crippen LogP) is 3.65. The summed E-state index contributed by atoms with van der Waals surface area (Å²) in [7, 11) is -3.13. The van der Waals surface area contributed by atoms with Crippen molar-refractivity contribution in [2.45, 2.75) is 11.1 Å². The van der Waals surface area contributed by atoms with Gasteiger partial charge in [0, 0.05) is 11.9 Å². The second kappa shape index (κ2) is 6.17. The highest BCUT2D eigenvalue weighted by atomic mass is 32.2. The van der Waals surface area contributed by atoms with Crippen LogP contribution in [0, 0.1) is 0 Å². The molecule has 0 bridgehead atoms. The fourth-order valence-corrected chi connectivity index (χ4v) is 4.05. The molecule has 0 spiro atoms. The fraction of sp³-hybridized carbons (Fsp3) is 0.118. The summed E-state index contributed by atoms with van der Waals surface area (Å²) in [6, 6.07) is 10.1. The van der Waals surface area contributed by atoms with Gasteiger partial charge in [0.15, 0.2) is 4.91 Å². The van der Waals surface area contributed by atoms with E-state index >= 15 is 0 Å². The minimum absolute atomic E-state index is 0.0589. The van der Waals surface area contributed by atoms with Gasteiger partial charge in [0.05, 0.1) is 23.3 Å². The Morgan fingerprint density at radius 1 is 1.08 bits per heavy atom. The molecule has 0 saturated heterocycles. The van der Waals surface area contributed by atoms with E-state index in [-0.39, 0.29) is 16.3 Å². The first-order chi connectivity index (χ1) is 12.2. The number of sulfone groups is 1. The maximum Gasteiger partial charge on any atom is 0.416 e. The van der Waals surface area contributed by atoms with Gasteiger partial charge in [0.1, 0.15) is 0 Å². The van der Waals surface area contributed by atoms with Gasteiger partial charge in [-0.2, -0.15) is 13.2 Å². The second-order valence-corrected chi connectivity index (χ2v) is 7.26. The monoisotopic (exact) mass is 383 g/mol. The number of carbonyl (C=O) groups excluding carboxylic acids is 1. The predicted molar refractivity (Wildman–Crippen MR) is 87.3 cm³/mol. The minimum atomic E-state index is -4.56. The topological polar surface area (TPSA) is 63.7 Å². The minimum Gasteiger partial charge on any atom is -0.465 e. The maximum absolute atomic E-state index is 13.0. The number of esters is 1. The Labute approximate surface area is 147 Å². The van der Waals surface area contributed by atoms with E-state index in [1.54, 1.807) is 6.07 Å². The van der Waals surface area contributed by atoms with E-state index < -0.39 is 32.5 Å². The van der Waals surface area contributed by atoms with E-state index in [2.05, 4.69) is 4.74 Å². The van der Waals surface area contributed by atoms with E-state index in [1.807, 2.05) is 0 Å². The standard InChI is InChI=1S/C17H12F3NO4S/c1-25-16(22)15-10-21(12-6-4-5-11(9-12)17(18,19)20)13-7-2-3-8-14(13)26(15,23)24/h2-10H,1H3. The van der Waals surface area contributed by atoms with Crippen molar-refractivity contribution >= 4 is 27.2 Å². The average molecular weight is 383 g/mol. The Bertz CT molecular complexity index is 1010. The van der Waals surface area contributed by atoms with Crippen molar-refractivity contribution in [3.63, 3.8) is 0 Å². The molecular weight excluding hydrogens is 371 g/mol. The molecule has 26 heavy (non-hydrogen) atoms. The van der Waals surface area contributed by atoms with Crippen LogP contribution in [0.15, 0.2) is 64.5 Å². The van der Waals surface area contributed by atoms with E-state index in [9.17, 15) is 26.4 Å². The number of rotatable bonds is 2. The lowest BCUT2D eigenvalue weighted by Gasteiger charge is -2.28. The summed E-state index contributed by atoms with van der Waals surface area (Å²) in [5, 5.41) is 0. The fourth-order valence-electron chi connectivity index (χ4n) is 2.57. The Kier molecular flexibility index (Phi) is 4.27. The summed E-state index contributed by atoms with van der Waals surface area (Å²) < 4.78 is 68.8. The highest BCUT2D eigenvalue weighted by Gasteiger charge is 2.37. The van der Waals surface area contributed by atoms with Gasteiger partial charge < -0.3 is 9.64 Å². The number of hydrogen-bond donors (Lipinski definition) is 0. The van der Waals surface area contributed by atoms with Crippen LogP contribution >= 0.6 is 0 Å². The van der Waals surface area contributed by atoms with Gasteiger partial charge in [-0.05, 0) is 30.3 Å². The van der Waals surface area contributed by atoms with Crippen LogP contribution in [0.25, 0.3) is 0 Å². The van der Waals surface area contributed by atoms with Crippen LogP contribution in [0.3, 0.4) is 0 Å². The quantitative estimate of drug-likeness (QED) is 0.741. The van der Waals surface area contributed by atoms with Crippen molar-refractivity contribution in [1.29, 1.82) is 0 Å². The smallest absolute Gasteiger partial charge is 0.416 e. The molecule has 0 unspecified atom stereocenters. The number of halogens is 3. The number of ether oxygens (including phenoxy) is 1. The average Bonchev–Trinajstić information content (AvgIpc) is 2.61. The first-order valence-corrected chi connectivity index (χ1v) is 8.75. The molecular formula is C17H12F3NO4S. The number of fused-ring (bicyclic) bond motifs is 1. The number of benzene rings is 2. The molecule has 136 valence electrons. The number of methoxy groups -OCH3 is 1. The molecule has 0 N–H and O–H groups in total. The van der Waals surface area contributed by atoms with Gasteiger partial charge in [0.25, 0.3) is 0 Å². The SMILES string of the molecule is COC(=O)C1=CN(c2cccc(C(F)(F)F)c2)c2ccccc2S1(=O)=O. The lowest BCUT2D eigenvalue weighted by atomic mass is 10.1. The van der Waals surface area contributed by atoms with Gasteiger partial charge >= 0.3 is 12.1 Å². The summed E-state index contributed by atoms with van der Waals surface area (Å²) in [5.74, 6) is -1.10. The molecule has 3 rings (SSSR count). The van der Waals surface area contributed by atoms with Crippen LogP contribution in [0.2, 0.25) is 0 Å². The third kappa shape index (κ3) is 2.94.